The van der Waals surface area contributed by atoms with Crippen LogP contribution in [0.1, 0.15) is 50.0 Å². The van der Waals surface area contributed by atoms with Crippen molar-refractivity contribution in [2.45, 2.75) is 94.5 Å². The van der Waals surface area contributed by atoms with Gasteiger partial charge >= 0.3 is 16.1 Å². The maximum Gasteiger partial charge on any atom is 0.475 e. The average molecular weight is 952 g/mol. The number of amides is 1. The van der Waals surface area contributed by atoms with Crippen LogP contribution in [0.4, 0.5) is 14.6 Å². The largest absolute Gasteiger partial charge is 0.475 e. The summed E-state index contributed by atoms with van der Waals surface area (Å²) >= 11 is 0. The number of nitrogens with one attached hydrogen (secondary N) is 2. The third kappa shape index (κ3) is 9.64. The summed E-state index contributed by atoms with van der Waals surface area (Å²) in [5, 5.41) is 21.7. The molecule has 0 radical (unpaired) electrons. The van der Waals surface area contributed by atoms with Crippen molar-refractivity contribution in [3.63, 3.8) is 0 Å². The minimum Gasteiger partial charge on any atom is -0.408 e. The smallest absolute Gasteiger partial charge is 0.408 e. The molecule has 0 saturated carbocycles. The standard InChI is InChI=1S/C37H45F2N9O13P2Si/c1-37(2,3)64(4,5)61-28-22(15-49)57-36(47-14-21(38)24-31(47)42-18-44-34(24)51)29(28)60-63(54,55-13-9-12-40)56-16-23-27(59-62(52)53)25(39)35(58-23)48-19-45-26-30(41-17-43-32(26)48)46-33(50)20-10-7-6-8-11-20/h6-8,10-11,14,17-19,22-23,25,27-29,35-36,49,62H,9,13,15-16H2,1-5H3,(H,52,53)(H,42,44,51)(H,41,43,46,50)/t22-,23-,25-,27-,28-,29-,35-,36-,63?/m1/s1. The number of phosphoric ester groups is 1. The number of rotatable bonds is 17. The molecule has 2 aliphatic heterocycles. The van der Waals surface area contributed by atoms with Gasteiger partial charge < -0.3 is 43.3 Å². The number of carbonyl (C=O) groups excluding carboxylic acids is 1. The normalized spacial score (nSPS) is 25.4. The van der Waals surface area contributed by atoms with Crippen LogP contribution >= 0.6 is 16.1 Å². The number of imidazole rings is 1. The van der Waals surface area contributed by atoms with Crippen LogP contribution in [0.15, 0.2) is 60.3 Å². The minimum atomic E-state index is -5.04. The van der Waals surface area contributed by atoms with Crippen molar-refractivity contribution in [3.05, 3.63) is 77.2 Å². The number of fused-ring (bicyclic) bond motifs is 2. The van der Waals surface area contributed by atoms with E-state index in [1.165, 1.54) is 0 Å². The van der Waals surface area contributed by atoms with Crippen LogP contribution in [0, 0.1) is 17.1 Å². The summed E-state index contributed by atoms with van der Waals surface area (Å²) in [5.74, 6) is -1.52. The SMILES string of the molecule is CC(C)(C)[Si](C)(C)O[C@H]1[C@@H](OP(=O)(OCCC#N)OC[C@H]2O[C@@H](n3cnc4c(NC(=O)c5ccccc5)ncnc43)[C@H](F)[C@@H]2O[PH](=O)O)[C@H](n2cc(F)c3c(=O)[nH]cnc32)O[C@@H]1CO. The van der Waals surface area contributed by atoms with Crippen LogP contribution in [0.2, 0.25) is 18.1 Å². The van der Waals surface area contributed by atoms with Crippen LogP contribution in [0.3, 0.4) is 0 Å². The summed E-state index contributed by atoms with van der Waals surface area (Å²) in [6.45, 7) is 7.50. The second-order valence-corrected chi connectivity index (χ2v) is 23.3. The van der Waals surface area contributed by atoms with E-state index in [9.17, 15) is 34.0 Å². The summed E-state index contributed by atoms with van der Waals surface area (Å²) in [5.41, 5.74) is -0.667. The van der Waals surface area contributed by atoms with Gasteiger partial charge in [0, 0.05) is 11.8 Å². The van der Waals surface area contributed by atoms with Crippen LogP contribution in [-0.4, -0.2) is 115 Å². The molecule has 4 N–H and O–H groups in total. The molecule has 0 aliphatic carbocycles. The first-order chi connectivity index (χ1) is 30.4. The number of ether oxygens (including phenoxy) is 2. The fourth-order valence-corrected chi connectivity index (χ4v) is 10.1. The number of benzene rings is 1. The first-order valence-corrected chi connectivity index (χ1v) is 25.3. The van der Waals surface area contributed by atoms with E-state index in [4.69, 9.17) is 32.0 Å². The van der Waals surface area contributed by atoms with E-state index in [-0.39, 0.29) is 29.0 Å². The molecule has 2 aliphatic rings. The molecule has 1 amide bonds. The lowest BCUT2D eigenvalue weighted by Gasteiger charge is -2.40. The molecule has 4 aromatic heterocycles. The number of aliphatic hydroxyl groups excluding tert-OH is 1. The molecular weight excluding hydrogens is 906 g/mol. The van der Waals surface area contributed by atoms with Gasteiger partial charge in [-0.2, -0.15) is 5.26 Å². The Hall–Kier alpha value is -4.67. The topological polar surface area (TPSA) is 286 Å². The molecule has 5 aromatic rings. The van der Waals surface area contributed by atoms with Crippen LogP contribution in [-0.2, 0) is 41.1 Å². The van der Waals surface area contributed by atoms with Crippen LogP contribution < -0.4 is 10.9 Å². The number of phosphoric acid groups is 1. The third-order valence-corrected chi connectivity index (χ3v) is 17.5. The maximum atomic E-state index is 16.5. The number of hydrogen-bond acceptors (Lipinski definition) is 17. The van der Waals surface area contributed by atoms with Gasteiger partial charge in [-0.05, 0) is 30.3 Å². The molecule has 344 valence electrons. The number of H-pyrrole nitrogens is 1. The zero-order valence-corrected chi connectivity index (χ0v) is 37.8. The zero-order chi connectivity index (χ0) is 46.1. The highest BCUT2D eigenvalue weighted by molar-refractivity contribution is 7.48. The minimum absolute atomic E-state index is 0.0132. The quantitative estimate of drug-likeness (QED) is 0.0559. The lowest BCUT2D eigenvalue weighted by atomic mass is 10.1. The van der Waals surface area contributed by atoms with Crippen molar-refractivity contribution >= 4 is 58.3 Å². The van der Waals surface area contributed by atoms with Crippen molar-refractivity contribution in [2.75, 3.05) is 25.1 Å². The Balaban J connectivity index is 1.21. The van der Waals surface area contributed by atoms with Crippen molar-refractivity contribution in [1.82, 2.24) is 34.1 Å². The van der Waals surface area contributed by atoms with Crippen molar-refractivity contribution in [1.29, 1.82) is 5.26 Å². The number of carbonyl (C=O) groups is 1. The van der Waals surface area contributed by atoms with Gasteiger partial charge in [0.2, 0.25) is 0 Å². The van der Waals surface area contributed by atoms with Crippen molar-refractivity contribution in [3.8, 4) is 6.07 Å². The fourth-order valence-electron chi connectivity index (χ4n) is 6.92. The molecule has 2 fully saturated rings. The molecule has 10 atom stereocenters. The molecular formula is C37H45F2N9O13P2Si. The lowest BCUT2D eigenvalue weighted by Crippen LogP contribution is -2.50. The molecule has 2 saturated heterocycles. The summed E-state index contributed by atoms with van der Waals surface area (Å²) in [6, 6.07) is 10.1. The number of hydrogen-bond donors (Lipinski definition) is 4. The van der Waals surface area contributed by atoms with Crippen molar-refractivity contribution < 1.29 is 64.7 Å². The van der Waals surface area contributed by atoms with Crippen LogP contribution in [0.25, 0.3) is 22.2 Å². The number of anilines is 1. The van der Waals surface area contributed by atoms with E-state index >= 15 is 8.78 Å². The number of alkyl halides is 1. The van der Waals surface area contributed by atoms with Gasteiger partial charge in [-0.15, -0.1) is 0 Å². The Morgan fingerprint density at radius 3 is 2.48 bits per heavy atom. The summed E-state index contributed by atoms with van der Waals surface area (Å²) in [6.07, 6.45) is -9.04. The van der Waals surface area contributed by atoms with Gasteiger partial charge in [-0.3, -0.25) is 32.3 Å². The van der Waals surface area contributed by atoms with E-state index < -0.39 is 121 Å². The molecule has 22 nitrogen and oxygen atoms in total. The molecule has 7 rings (SSSR count). The highest BCUT2D eigenvalue weighted by Gasteiger charge is 2.55. The third-order valence-electron chi connectivity index (χ3n) is 11.1. The van der Waals surface area contributed by atoms with Crippen LogP contribution in [0.5, 0.6) is 0 Å². The highest BCUT2D eigenvalue weighted by atomic mass is 31.2. The Bertz CT molecular complexity index is 2660. The maximum absolute atomic E-state index is 16.5. The van der Waals surface area contributed by atoms with Gasteiger partial charge in [0.15, 0.2) is 55.4 Å². The number of halogens is 2. The van der Waals surface area contributed by atoms with E-state index in [0.717, 1.165) is 34.3 Å². The Morgan fingerprint density at radius 1 is 1.06 bits per heavy atom. The Morgan fingerprint density at radius 2 is 1.80 bits per heavy atom. The summed E-state index contributed by atoms with van der Waals surface area (Å²) in [4.78, 5) is 54.4. The van der Waals surface area contributed by atoms with Crippen molar-refractivity contribution in [2.24, 2.45) is 0 Å². The van der Waals surface area contributed by atoms with Gasteiger partial charge in [-0.25, -0.2) is 33.3 Å². The van der Waals surface area contributed by atoms with E-state index in [1.54, 1.807) is 30.3 Å². The zero-order valence-electron chi connectivity index (χ0n) is 34.9. The summed E-state index contributed by atoms with van der Waals surface area (Å²) in [7, 11) is -11.7. The molecule has 2 unspecified atom stereocenters. The van der Waals surface area contributed by atoms with Gasteiger partial charge in [-0.1, -0.05) is 39.0 Å². The number of aliphatic hydroxyl groups is 1. The predicted molar refractivity (Wildman–Crippen MR) is 223 cm³/mol. The average Bonchev–Trinajstić information content (AvgIpc) is 4.00. The first-order valence-electron chi connectivity index (χ1n) is 19.7. The van der Waals surface area contributed by atoms with E-state index in [2.05, 4.69) is 30.2 Å². The Labute approximate surface area is 364 Å². The molecule has 0 bridgehead atoms. The first kappa shape index (κ1) is 47.3. The highest BCUT2D eigenvalue weighted by Crippen LogP contribution is 2.56. The van der Waals surface area contributed by atoms with Gasteiger partial charge in [0.1, 0.15) is 42.2 Å². The number of nitrogens with zero attached hydrogens (tertiary/aromatic N) is 7. The monoisotopic (exact) mass is 951 g/mol. The molecule has 64 heavy (non-hydrogen) atoms. The fraction of sp³-hybridized carbons (Fsp3) is 0.486. The Kier molecular flexibility index (Phi) is 14.1. The van der Waals surface area contributed by atoms with E-state index in [1.807, 2.05) is 39.9 Å². The number of nitriles is 1. The second kappa shape index (κ2) is 19.0. The lowest BCUT2D eigenvalue weighted by molar-refractivity contribution is -0.0614. The second-order valence-electron chi connectivity index (χ2n) is 16.2. The predicted octanol–water partition coefficient (Wildman–Crippen LogP) is 4.68. The van der Waals surface area contributed by atoms with Gasteiger partial charge in [0.25, 0.3) is 11.5 Å². The summed E-state index contributed by atoms with van der Waals surface area (Å²) < 4.78 is 103. The molecule has 6 heterocycles. The molecule has 1 aromatic carbocycles. The molecule has 0 spiro atoms. The number of aromatic nitrogens is 7. The number of aromatic amines is 1. The van der Waals surface area contributed by atoms with Gasteiger partial charge in [0.05, 0.1) is 45.0 Å². The van der Waals surface area contributed by atoms with E-state index in [0.29, 0.717) is 5.56 Å². The molecule has 27 heteroatoms.